The van der Waals surface area contributed by atoms with Crippen LogP contribution < -0.4 is 4.90 Å². The fourth-order valence-electron chi connectivity index (χ4n) is 7.99. The van der Waals surface area contributed by atoms with E-state index >= 15 is 0 Å². The molecular weight excluding hydrogens is 613 g/mol. The molecule has 0 aliphatic heterocycles. The van der Waals surface area contributed by atoms with Gasteiger partial charge in [-0.3, -0.25) is 0 Å². The topological polar surface area (TPSA) is 34.5 Å². The van der Waals surface area contributed by atoms with Gasteiger partial charge in [0.1, 0.15) is 16.7 Å². The highest BCUT2D eigenvalue weighted by Crippen LogP contribution is 2.48. The van der Waals surface area contributed by atoms with Crippen LogP contribution in [-0.4, -0.2) is 4.57 Å². The van der Waals surface area contributed by atoms with Crippen molar-refractivity contribution in [1.29, 1.82) is 0 Å². The van der Waals surface area contributed by atoms with Gasteiger partial charge in [0.05, 0.1) is 22.4 Å². The summed E-state index contributed by atoms with van der Waals surface area (Å²) < 4.78 is 15.6. The van der Waals surface area contributed by atoms with Crippen LogP contribution in [0.4, 0.5) is 17.1 Å². The number of benzene rings is 8. The van der Waals surface area contributed by atoms with E-state index in [9.17, 15) is 0 Å². The highest BCUT2D eigenvalue weighted by molar-refractivity contribution is 6.20. The van der Waals surface area contributed by atoms with E-state index in [0.717, 1.165) is 88.4 Å². The number of rotatable bonds is 4. The molecule has 0 saturated heterocycles. The van der Waals surface area contributed by atoms with Crippen LogP contribution in [0, 0.1) is 0 Å². The molecule has 8 aromatic carbocycles. The molecule has 0 atom stereocenters. The number of anilines is 3. The van der Waals surface area contributed by atoms with E-state index in [-0.39, 0.29) is 0 Å². The molecule has 11 aromatic rings. The summed E-state index contributed by atoms with van der Waals surface area (Å²) in [5.74, 6) is 0. The molecule has 3 heterocycles. The first kappa shape index (κ1) is 27.2. The third-order valence-electron chi connectivity index (χ3n) is 10.2. The van der Waals surface area contributed by atoms with Crippen molar-refractivity contribution in [2.75, 3.05) is 4.90 Å². The van der Waals surface area contributed by atoms with Crippen LogP contribution in [0.25, 0.3) is 82.1 Å². The molecule has 0 N–H and O–H groups in total. The molecule has 4 nitrogen and oxygen atoms in total. The van der Waals surface area contributed by atoms with Gasteiger partial charge >= 0.3 is 0 Å². The lowest BCUT2D eigenvalue weighted by Crippen LogP contribution is -2.10. The molecule has 0 aliphatic rings. The third kappa shape index (κ3) is 3.81. The first-order chi connectivity index (χ1) is 24.8. The van der Waals surface area contributed by atoms with Gasteiger partial charge in [-0.2, -0.15) is 0 Å². The van der Waals surface area contributed by atoms with Gasteiger partial charge in [0.2, 0.25) is 0 Å². The van der Waals surface area contributed by atoms with E-state index in [0.29, 0.717) is 0 Å². The smallest absolute Gasteiger partial charge is 0.159 e. The summed E-state index contributed by atoms with van der Waals surface area (Å²) >= 11 is 0. The van der Waals surface area contributed by atoms with Crippen molar-refractivity contribution in [3.63, 3.8) is 0 Å². The number of hydrogen-bond donors (Lipinski definition) is 0. The molecule has 3 aromatic heterocycles. The number of hydrogen-bond acceptors (Lipinski definition) is 3. The van der Waals surface area contributed by atoms with E-state index in [1.165, 1.54) is 10.8 Å². The maximum Gasteiger partial charge on any atom is 0.159 e. The molecular formula is C46H28N2O2. The number of para-hydroxylation sites is 4. The maximum absolute atomic E-state index is 6.97. The normalized spacial score (nSPS) is 12.0. The van der Waals surface area contributed by atoms with Gasteiger partial charge in [-0.25, -0.2) is 0 Å². The summed E-state index contributed by atoms with van der Waals surface area (Å²) in [5, 5.41) is 8.98. The summed E-state index contributed by atoms with van der Waals surface area (Å²) in [5.41, 5.74) is 9.97. The third-order valence-corrected chi connectivity index (χ3v) is 10.2. The molecule has 0 bridgehead atoms. The second-order valence-electron chi connectivity index (χ2n) is 12.9. The second-order valence-corrected chi connectivity index (χ2v) is 12.9. The Kier molecular flexibility index (Phi) is 5.63. The minimum absolute atomic E-state index is 0.847. The van der Waals surface area contributed by atoms with E-state index in [2.05, 4.69) is 167 Å². The van der Waals surface area contributed by atoms with E-state index in [4.69, 9.17) is 8.83 Å². The molecule has 0 radical (unpaired) electrons. The Morgan fingerprint density at radius 3 is 2.00 bits per heavy atom. The molecule has 0 saturated carbocycles. The number of nitrogens with zero attached hydrogens (tertiary/aromatic N) is 2. The lowest BCUT2D eigenvalue weighted by atomic mass is 10.0. The minimum Gasteiger partial charge on any atom is -0.456 e. The lowest BCUT2D eigenvalue weighted by molar-refractivity contribution is 0.669. The molecule has 0 fully saturated rings. The summed E-state index contributed by atoms with van der Waals surface area (Å²) in [6, 6.07) is 60.0. The molecule has 50 heavy (non-hydrogen) atoms. The van der Waals surface area contributed by atoms with Crippen molar-refractivity contribution in [3.8, 4) is 5.69 Å². The van der Waals surface area contributed by atoms with E-state index in [1.54, 1.807) is 0 Å². The van der Waals surface area contributed by atoms with Crippen molar-refractivity contribution < 1.29 is 8.83 Å². The Bertz CT molecular complexity index is 3110. The Balaban J connectivity index is 1.27. The molecule has 11 rings (SSSR count). The molecule has 0 spiro atoms. The molecule has 0 unspecified atom stereocenters. The van der Waals surface area contributed by atoms with Crippen LogP contribution in [0.1, 0.15) is 0 Å². The highest BCUT2D eigenvalue weighted by Gasteiger charge is 2.25. The van der Waals surface area contributed by atoms with Crippen LogP contribution >= 0.6 is 0 Å². The summed E-state index contributed by atoms with van der Waals surface area (Å²) in [4.78, 5) is 2.37. The standard InChI is InChI=1S/C46H28N2O2/c1-2-13-30(14-3-1)47-38-19-8-6-17-36(38)44-39(47)20-11-21-40(44)48(31-25-27-43-37(28-31)33-16-7-9-23-42(33)49-43)41-22-10-18-34-35-26-24-29-12-4-5-15-32(29)45(35)50-46(34)41/h1-28H. The largest absolute Gasteiger partial charge is 0.456 e. The Labute approximate surface area is 286 Å². The van der Waals surface area contributed by atoms with Gasteiger partial charge in [-0.15, -0.1) is 0 Å². The van der Waals surface area contributed by atoms with Gasteiger partial charge < -0.3 is 18.3 Å². The van der Waals surface area contributed by atoms with Gasteiger partial charge in [-0.1, -0.05) is 103 Å². The van der Waals surface area contributed by atoms with Crippen molar-refractivity contribution in [1.82, 2.24) is 4.57 Å². The zero-order valence-corrected chi connectivity index (χ0v) is 26.9. The van der Waals surface area contributed by atoms with Crippen molar-refractivity contribution in [2.24, 2.45) is 0 Å². The van der Waals surface area contributed by atoms with Gasteiger partial charge in [-0.05, 0) is 72.1 Å². The zero-order chi connectivity index (χ0) is 32.8. The highest BCUT2D eigenvalue weighted by atomic mass is 16.3. The van der Waals surface area contributed by atoms with Crippen LogP contribution in [0.3, 0.4) is 0 Å². The van der Waals surface area contributed by atoms with Crippen LogP contribution in [-0.2, 0) is 0 Å². The Morgan fingerprint density at radius 2 is 1.08 bits per heavy atom. The molecule has 0 amide bonds. The van der Waals surface area contributed by atoms with Gasteiger partial charge in [0.25, 0.3) is 0 Å². The quantitative estimate of drug-likeness (QED) is 0.192. The van der Waals surface area contributed by atoms with Gasteiger partial charge in [0.15, 0.2) is 5.58 Å². The zero-order valence-electron chi connectivity index (χ0n) is 26.9. The number of aromatic nitrogens is 1. The molecule has 234 valence electrons. The van der Waals surface area contributed by atoms with Gasteiger partial charge in [0, 0.05) is 49.1 Å². The number of fused-ring (bicyclic) bond motifs is 11. The van der Waals surface area contributed by atoms with Crippen molar-refractivity contribution >= 4 is 93.5 Å². The summed E-state index contributed by atoms with van der Waals surface area (Å²) in [6.07, 6.45) is 0. The van der Waals surface area contributed by atoms with Crippen molar-refractivity contribution in [2.45, 2.75) is 0 Å². The van der Waals surface area contributed by atoms with E-state index in [1.807, 2.05) is 12.1 Å². The second kappa shape index (κ2) is 10.4. The minimum atomic E-state index is 0.847. The monoisotopic (exact) mass is 640 g/mol. The van der Waals surface area contributed by atoms with Crippen LogP contribution in [0.15, 0.2) is 179 Å². The first-order valence-electron chi connectivity index (χ1n) is 16.9. The average molecular weight is 641 g/mol. The fourth-order valence-corrected chi connectivity index (χ4v) is 7.99. The van der Waals surface area contributed by atoms with Crippen molar-refractivity contribution in [3.05, 3.63) is 170 Å². The first-order valence-corrected chi connectivity index (χ1v) is 16.9. The molecule has 0 aliphatic carbocycles. The Hall–Kier alpha value is -6.78. The lowest BCUT2D eigenvalue weighted by Gasteiger charge is -2.26. The fraction of sp³-hybridized carbons (Fsp3) is 0. The summed E-state index contributed by atoms with van der Waals surface area (Å²) in [7, 11) is 0. The van der Waals surface area contributed by atoms with Crippen LogP contribution in [0.5, 0.6) is 0 Å². The Morgan fingerprint density at radius 1 is 0.400 bits per heavy atom. The van der Waals surface area contributed by atoms with Crippen LogP contribution in [0.2, 0.25) is 0 Å². The average Bonchev–Trinajstić information content (AvgIpc) is 3.86. The SMILES string of the molecule is c1ccc(-n2c3ccccc3c3c(N(c4ccc5oc6ccccc6c5c4)c4cccc5c4oc4c6ccccc6ccc54)cccc32)cc1. The number of furan rings is 2. The maximum atomic E-state index is 6.97. The summed E-state index contributed by atoms with van der Waals surface area (Å²) in [6.45, 7) is 0. The predicted octanol–water partition coefficient (Wildman–Crippen LogP) is 13.2. The van der Waals surface area contributed by atoms with E-state index < -0.39 is 0 Å². The predicted molar refractivity (Wildman–Crippen MR) is 208 cm³/mol. The molecule has 4 heteroatoms.